The highest BCUT2D eigenvalue weighted by atomic mass is 32.2. The second-order valence-electron chi connectivity index (χ2n) is 3.88. The Balaban J connectivity index is 2.45. The maximum atomic E-state index is 13.8. The fourth-order valence-electron chi connectivity index (χ4n) is 1.47. The van der Waals surface area contributed by atoms with Gasteiger partial charge in [-0.05, 0) is 24.6 Å². The summed E-state index contributed by atoms with van der Waals surface area (Å²) >= 11 is 0. The van der Waals surface area contributed by atoms with Crippen molar-refractivity contribution in [1.29, 1.82) is 0 Å². The van der Waals surface area contributed by atoms with E-state index in [0.29, 0.717) is 0 Å². The molecule has 0 fully saturated rings. The maximum absolute atomic E-state index is 13.8. The zero-order chi connectivity index (χ0) is 14.2. The summed E-state index contributed by atoms with van der Waals surface area (Å²) in [5.41, 5.74) is 5.78. The van der Waals surface area contributed by atoms with Crippen molar-refractivity contribution < 1.29 is 17.2 Å². The van der Waals surface area contributed by atoms with Gasteiger partial charge in [-0.3, -0.25) is 0 Å². The number of anilines is 2. The first-order valence-corrected chi connectivity index (χ1v) is 6.66. The van der Waals surface area contributed by atoms with Crippen LogP contribution in [0, 0.1) is 19.7 Å². The predicted octanol–water partition coefficient (Wildman–Crippen LogP) is 1.21. The Morgan fingerprint density at radius 3 is 2.58 bits per heavy atom. The molecule has 1 heterocycles. The summed E-state index contributed by atoms with van der Waals surface area (Å²) in [6.07, 6.45) is 0. The largest absolute Gasteiger partial charge is 0.408 e. The molecule has 0 unspecified atom stereocenters. The normalized spacial score (nSPS) is 11.5. The van der Waals surface area contributed by atoms with Crippen molar-refractivity contribution >= 4 is 21.7 Å². The van der Waals surface area contributed by atoms with E-state index in [1.807, 2.05) is 4.72 Å². The third-order valence-electron chi connectivity index (χ3n) is 2.28. The van der Waals surface area contributed by atoms with Gasteiger partial charge in [0.25, 0.3) is 10.0 Å². The topological polar surface area (TPSA) is 111 Å². The molecule has 7 nitrogen and oxygen atoms in total. The summed E-state index contributed by atoms with van der Waals surface area (Å²) in [5, 5.41) is 6.93. The van der Waals surface area contributed by atoms with Crippen molar-refractivity contribution in [3.05, 3.63) is 29.4 Å². The van der Waals surface area contributed by atoms with Crippen LogP contribution >= 0.6 is 0 Å². The van der Waals surface area contributed by atoms with Crippen LogP contribution in [0.4, 0.5) is 16.1 Å². The number of hydrogen-bond donors (Lipinski definition) is 2. The van der Waals surface area contributed by atoms with Gasteiger partial charge in [0.2, 0.25) is 5.89 Å². The first kappa shape index (κ1) is 13.3. The number of aryl methyl sites for hydroxylation is 2. The lowest BCUT2D eigenvalue weighted by molar-refractivity contribution is 0.532. The van der Waals surface area contributed by atoms with Crippen LogP contribution in [-0.4, -0.2) is 18.6 Å². The molecule has 1 aromatic carbocycles. The number of nitrogen functional groups attached to an aromatic ring is 1. The van der Waals surface area contributed by atoms with Crippen LogP contribution in [0.5, 0.6) is 0 Å². The molecule has 0 atom stereocenters. The van der Waals surface area contributed by atoms with Crippen LogP contribution in [0.1, 0.15) is 11.5 Å². The van der Waals surface area contributed by atoms with Crippen molar-refractivity contribution in [2.24, 2.45) is 0 Å². The van der Waals surface area contributed by atoms with Gasteiger partial charge in [-0.25, -0.2) is 17.5 Å². The Hall–Kier alpha value is -2.16. The van der Waals surface area contributed by atoms with Gasteiger partial charge in [-0.1, -0.05) is 5.10 Å². The van der Waals surface area contributed by atoms with Gasteiger partial charge in [0.1, 0.15) is 10.7 Å². The van der Waals surface area contributed by atoms with Crippen LogP contribution < -0.4 is 10.5 Å². The first-order valence-electron chi connectivity index (χ1n) is 5.18. The molecule has 1 aromatic heterocycles. The number of rotatable bonds is 3. The fourth-order valence-corrected chi connectivity index (χ4v) is 2.58. The number of halogens is 1. The van der Waals surface area contributed by atoms with Crippen molar-refractivity contribution in [2.75, 3.05) is 10.5 Å². The molecule has 0 aliphatic rings. The van der Waals surface area contributed by atoms with Crippen molar-refractivity contribution in [2.45, 2.75) is 18.7 Å². The van der Waals surface area contributed by atoms with Gasteiger partial charge in [-0.15, -0.1) is 5.10 Å². The van der Waals surface area contributed by atoms with E-state index in [9.17, 15) is 12.8 Å². The highest BCUT2D eigenvalue weighted by molar-refractivity contribution is 7.92. The number of nitrogens with zero attached hydrogens (tertiary/aromatic N) is 2. The number of aromatic nitrogens is 2. The van der Waals surface area contributed by atoms with Gasteiger partial charge in [0.15, 0.2) is 0 Å². The Labute approximate surface area is 108 Å². The highest BCUT2D eigenvalue weighted by Gasteiger charge is 2.23. The monoisotopic (exact) mass is 286 g/mol. The molecule has 0 aliphatic heterocycles. The lowest BCUT2D eigenvalue weighted by Crippen LogP contribution is -2.16. The molecule has 0 aliphatic carbocycles. The summed E-state index contributed by atoms with van der Waals surface area (Å²) in [4.78, 5) is -0.569. The van der Waals surface area contributed by atoms with Crippen molar-refractivity contribution in [1.82, 2.24) is 10.2 Å². The van der Waals surface area contributed by atoms with Crippen LogP contribution in [0.2, 0.25) is 0 Å². The minimum atomic E-state index is -4.18. The predicted molar refractivity (Wildman–Crippen MR) is 65.4 cm³/mol. The zero-order valence-electron chi connectivity index (χ0n) is 10.1. The quantitative estimate of drug-likeness (QED) is 0.820. The van der Waals surface area contributed by atoms with Gasteiger partial charge in [-0.2, -0.15) is 0 Å². The van der Waals surface area contributed by atoms with E-state index < -0.39 is 20.7 Å². The summed E-state index contributed by atoms with van der Waals surface area (Å²) in [6.45, 7) is 2.91. The first-order chi connectivity index (χ1) is 8.79. The SMILES string of the molecule is Cc1nnc(NS(=O)(=O)c2cc(N)cc(C)c2F)o1. The minimum Gasteiger partial charge on any atom is -0.408 e. The molecule has 0 radical (unpaired) electrons. The van der Waals surface area contributed by atoms with Crippen LogP contribution in [-0.2, 0) is 10.0 Å². The molecule has 0 amide bonds. The molecule has 9 heteroatoms. The molecule has 2 aromatic rings. The zero-order valence-corrected chi connectivity index (χ0v) is 11.0. The number of sulfonamides is 1. The molecular weight excluding hydrogens is 275 g/mol. The third-order valence-corrected chi connectivity index (χ3v) is 3.60. The molecule has 102 valence electrons. The Morgan fingerprint density at radius 1 is 1.32 bits per heavy atom. The van der Waals surface area contributed by atoms with E-state index in [2.05, 4.69) is 10.2 Å². The smallest absolute Gasteiger partial charge is 0.329 e. The summed E-state index contributed by atoms with van der Waals surface area (Å²) < 4.78 is 44.7. The lowest BCUT2D eigenvalue weighted by Gasteiger charge is -2.08. The molecule has 0 bridgehead atoms. The molecule has 3 N–H and O–H groups in total. The highest BCUT2D eigenvalue weighted by Crippen LogP contribution is 2.23. The molecule has 0 spiro atoms. The molecule has 0 saturated carbocycles. The molecular formula is C10H11FN4O3S. The third kappa shape index (κ3) is 2.65. The van der Waals surface area contributed by atoms with Crippen LogP contribution in [0.25, 0.3) is 0 Å². The second kappa shape index (κ2) is 4.50. The molecule has 0 saturated heterocycles. The fraction of sp³-hybridized carbons (Fsp3) is 0.200. The maximum Gasteiger partial charge on any atom is 0.329 e. The number of nitrogens with two attached hydrogens (primary N) is 1. The van der Waals surface area contributed by atoms with E-state index in [1.165, 1.54) is 19.9 Å². The van der Waals surface area contributed by atoms with E-state index in [4.69, 9.17) is 10.2 Å². The minimum absolute atomic E-state index is 0.127. The van der Waals surface area contributed by atoms with E-state index in [-0.39, 0.29) is 23.2 Å². The van der Waals surface area contributed by atoms with Gasteiger partial charge in [0, 0.05) is 12.6 Å². The molecule has 19 heavy (non-hydrogen) atoms. The Morgan fingerprint density at radius 2 is 2.00 bits per heavy atom. The van der Waals surface area contributed by atoms with E-state index in [1.54, 1.807) is 0 Å². The van der Waals surface area contributed by atoms with Gasteiger partial charge in [0.05, 0.1) is 0 Å². The van der Waals surface area contributed by atoms with Crippen LogP contribution in [0.15, 0.2) is 21.4 Å². The lowest BCUT2D eigenvalue weighted by atomic mass is 10.2. The average Bonchev–Trinajstić information content (AvgIpc) is 2.68. The second-order valence-corrected chi connectivity index (χ2v) is 5.53. The van der Waals surface area contributed by atoms with E-state index in [0.717, 1.165) is 6.07 Å². The Kier molecular flexibility index (Phi) is 3.14. The number of hydrogen-bond acceptors (Lipinski definition) is 6. The molecule has 2 rings (SSSR count). The van der Waals surface area contributed by atoms with Crippen LogP contribution in [0.3, 0.4) is 0 Å². The number of nitrogens with one attached hydrogen (secondary N) is 1. The van der Waals surface area contributed by atoms with Crippen molar-refractivity contribution in [3.8, 4) is 0 Å². The van der Waals surface area contributed by atoms with Crippen molar-refractivity contribution in [3.63, 3.8) is 0 Å². The average molecular weight is 286 g/mol. The summed E-state index contributed by atoms with van der Waals surface area (Å²) in [5.74, 6) is -0.695. The van der Waals surface area contributed by atoms with Gasteiger partial charge < -0.3 is 10.2 Å². The van der Waals surface area contributed by atoms with E-state index >= 15 is 0 Å². The van der Waals surface area contributed by atoms with Gasteiger partial charge >= 0.3 is 6.01 Å². The standard InChI is InChI=1S/C10H11FN4O3S/c1-5-3-7(12)4-8(9(5)11)19(16,17)15-10-14-13-6(2)18-10/h3-4H,12H2,1-2H3,(H,14,15). The summed E-state index contributed by atoms with van der Waals surface area (Å²) in [7, 11) is -4.18. The Bertz CT molecular complexity index is 726. The summed E-state index contributed by atoms with van der Waals surface area (Å²) in [6, 6.07) is 2.02. The number of benzene rings is 1.